The first-order valence-electron chi connectivity index (χ1n) is 7.42. The zero-order valence-corrected chi connectivity index (χ0v) is 12.2. The van der Waals surface area contributed by atoms with E-state index in [0.717, 1.165) is 12.8 Å². The molecule has 2 saturated carbocycles. The molecule has 0 heterocycles. The summed E-state index contributed by atoms with van der Waals surface area (Å²) in [5.74, 6) is 0.436. The van der Waals surface area contributed by atoms with Gasteiger partial charge in [-0.25, -0.2) is 0 Å². The molecule has 0 radical (unpaired) electrons. The summed E-state index contributed by atoms with van der Waals surface area (Å²) in [6, 6.07) is 0. The van der Waals surface area contributed by atoms with E-state index in [-0.39, 0.29) is 24.4 Å². The minimum absolute atomic E-state index is 0.0216. The normalized spacial score (nSPS) is 50.4. The Hall–Kier alpha value is -0.160. The number of rotatable bonds is 2. The Bertz CT molecular complexity index is 326. The van der Waals surface area contributed by atoms with Crippen LogP contribution in [0.3, 0.4) is 0 Å². The first-order chi connectivity index (χ1) is 8.69. The van der Waals surface area contributed by atoms with Crippen LogP contribution in [0.1, 0.15) is 46.5 Å². The van der Waals surface area contributed by atoms with E-state index >= 15 is 0 Å². The van der Waals surface area contributed by atoms with Gasteiger partial charge in [0, 0.05) is 5.92 Å². The van der Waals surface area contributed by atoms with Gasteiger partial charge in [-0.3, -0.25) is 0 Å². The molecule has 7 atom stereocenters. The van der Waals surface area contributed by atoms with Gasteiger partial charge in [-0.2, -0.15) is 0 Å². The van der Waals surface area contributed by atoms with E-state index in [1.807, 2.05) is 6.92 Å². The van der Waals surface area contributed by atoms with Crippen molar-refractivity contribution in [1.82, 2.24) is 0 Å². The quantitative estimate of drug-likeness (QED) is 0.602. The van der Waals surface area contributed by atoms with Crippen LogP contribution >= 0.6 is 0 Å². The van der Waals surface area contributed by atoms with Gasteiger partial charge in [0.25, 0.3) is 0 Å². The molecule has 0 amide bonds. The van der Waals surface area contributed by atoms with Crippen LogP contribution in [0.15, 0.2) is 0 Å². The fourth-order valence-electron chi connectivity index (χ4n) is 4.37. The van der Waals surface area contributed by atoms with Gasteiger partial charge in [-0.15, -0.1) is 0 Å². The monoisotopic (exact) mass is 272 g/mol. The molecule has 4 nitrogen and oxygen atoms in total. The number of aliphatic hydroxyl groups excluding tert-OH is 2. The minimum Gasteiger partial charge on any atom is -0.393 e. The van der Waals surface area contributed by atoms with Gasteiger partial charge in [0.1, 0.15) is 0 Å². The summed E-state index contributed by atoms with van der Waals surface area (Å²) >= 11 is 0. The van der Waals surface area contributed by atoms with Gasteiger partial charge in [-0.1, -0.05) is 6.92 Å². The van der Waals surface area contributed by atoms with Crippen molar-refractivity contribution in [2.24, 2.45) is 23.7 Å². The summed E-state index contributed by atoms with van der Waals surface area (Å²) in [6.07, 6.45) is 2.30. The topological polar surface area (TPSA) is 80.9 Å². The number of aliphatic hydroxyl groups is 4. The molecule has 0 saturated heterocycles. The lowest BCUT2D eigenvalue weighted by atomic mass is 9.75. The molecule has 112 valence electrons. The average Bonchev–Trinajstić information content (AvgIpc) is 2.50. The van der Waals surface area contributed by atoms with E-state index in [9.17, 15) is 20.4 Å². The largest absolute Gasteiger partial charge is 0.393 e. The average molecular weight is 272 g/mol. The second-order valence-corrected chi connectivity index (χ2v) is 7.31. The van der Waals surface area contributed by atoms with Crippen molar-refractivity contribution in [2.45, 2.75) is 63.8 Å². The van der Waals surface area contributed by atoms with Crippen LogP contribution in [0.4, 0.5) is 0 Å². The molecule has 2 rings (SSSR count). The Balaban J connectivity index is 2.26. The molecule has 4 heteroatoms. The highest BCUT2D eigenvalue weighted by Crippen LogP contribution is 2.51. The van der Waals surface area contributed by atoms with Gasteiger partial charge in [0.15, 0.2) is 0 Å². The van der Waals surface area contributed by atoms with Crippen molar-refractivity contribution in [2.75, 3.05) is 6.61 Å². The summed E-state index contributed by atoms with van der Waals surface area (Å²) in [5.41, 5.74) is -1.98. The standard InChI is InChI=1S/C15H28O4/c1-9-6-12(17)13-11(9)7-10(15(3,19)8-16)4-5-14(13,2)18/h9-13,16-19H,4-8H2,1-3H3. The van der Waals surface area contributed by atoms with Crippen molar-refractivity contribution in [1.29, 1.82) is 0 Å². The fourth-order valence-corrected chi connectivity index (χ4v) is 4.37. The van der Waals surface area contributed by atoms with Crippen LogP contribution in [0.2, 0.25) is 0 Å². The Kier molecular flexibility index (Phi) is 4.00. The first-order valence-corrected chi connectivity index (χ1v) is 7.42. The second-order valence-electron chi connectivity index (χ2n) is 7.31. The molecule has 0 aromatic carbocycles. The summed E-state index contributed by atoms with van der Waals surface area (Å²) in [7, 11) is 0. The van der Waals surface area contributed by atoms with Crippen LogP contribution in [0.25, 0.3) is 0 Å². The molecule has 2 aliphatic rings. The molecular weight excluding hydrogens is 244 g/mol. The van der Waals surface area contributed by atoms with Gasteiger partial charge in [0.2, 0.25) is 0 Å². The molecule has 0 aliphatic heterocycles. The molecule has 0 aromatic heterocycles. The molecule has 0 aromatic rings. The minimum atomic E-state index is -1.10. The van der Waals surface area contributed by atoms with Crippen LogP contribution in [0.5, 0.6) is 0 Å². The van der Waals surface area contributed by atoms with Crippen molar-refractivity contribution in [3.8, 4) is 0 Å². The maximum Gasteiger partial charge on any atom is 0.0877 e. The molecule has 2 fully saturated rings. The fraction of sp³-hybridized carbons (Fsp3) is 1.00. The van der Waals surface area contributed by atoms with Gasteiger partial charge in [-0.05, 0) is 57.3 Å². The molecule has 4 N–H and O–H groups in total. The summed E-state index contributed by atoms with van der Waals surface area (Å²) in [5, 5.41) is 40.6. The highest BCUT2D eigenvalue weighted by atomic mass is 16.3. The van der Waals surface area contributed by atoms with E-state index in [1.165, 1.54) is 0 Å². The van der Waals surface area contributed by atoms with E-state index in [2.05, 4.69) is 6.92 Å². The molecule has 0 bridgehead atoms. The van der Waals surface area contributed by atoms with Crippen LogP contribution in [-0.4, -0.2) is 44.3 Å². The number of fused-ring (bicyclic) bond motifs is 1. The third-order valence-electron chi connectivity index (χ3n) is 5.69. The zero-order valence-electron chi connectivity index (χ0n) is 12.2. The lowest BCUT2D eigenvalue weighted by Gasteiger charge is -2.35. The Morgan fingerprint density at radius 1 is 1.32 bits per heavy atom. The van der Waals surface area contributed by atoms with Gasteiger partial charge in [0.05, 0.1) is 23.9 Å². The number of hydrogen-bond acceptors (Lipinski definition) is 4. The van der Waals surface area contributed by atoms with Crippen molar-refractivity contribution in [3.05, 3.63) is 0 Å². The highest BCUT2D eigenvalue weighted by molar-refractivity contribution is 5.03. The third-order valence-corrected chi connectivity index (χ3v) is 5.69. The number of hydrogen-bond donors (Lipinski definition) is 4. The third kappa shape index (κ3) is 2.68. The van der Waals surface area contributed by atoms with E-state index in [1.54, 1.807) is 6.92 Å². The van der Waals surface area contributed by atoms with Crippen molar-refractivity contribution < 1.29 is 20.4 Å². The van der Waals surface area contributed by atoms with Crippen molar-refractivity contribution >= 4 is 0 Å². The molecule has 7 unspecified atom stereocenters. The second kappa shape index (κ2) is 4.99. The molecule has 19 heavy (non-hydrogen) atoms. The lowest BCUT2D eigenvalue weighted by molar-refractivity contribution is -0.0631. The van der Waals surface area contributed by atoms with E-state index < -0.39 is 17.3 Å². The summed E-state index contributed by atoms with van der Waals surface area (Å²) in [4.78, 5) is 0. The van der Waals surface area contributed by atoms with Crippen LogP contribution in [-0.2, 0) is 0 Å². The molecular formula is C15H28O4. The van der Waals surface area contributed by atoms with E-state index in [0.29, 0.717) is 18.8 Å². The van der Waals surface area contributed by atoms with Gasteiger partial charge >= 0.3 is 0 Å². The predicted molar refractivity (Wildman–Crippen MR) is 72.4 cm³/mol. The predicted octanol–water partition coefficient (Wildman–Crippen LogP) is 0.914. The first kappa shape index (κ1) is 15.2. The van der Waals surface area contributed by atoms with Crippen LogP contribution < -0.4 is 0 Å². The smallest absolute Gasteiger partial charge is 0.0877 e. The Labute approximate surface area is 115 Å². The van der Waals surface area contributed by atoms with Gasteiger partial charge < -0.3 is 20.4 Å². The Morgan fingerprint density at radius 2 is 1.95 bits per heavy atom. The summed E-state index contributed by atoms with van der Waals surface area (Å²) in [6.45, 7) is 5.33. The maximum atomic E-state index is 10.7. The highest BCUT2D eigenvalue weighted by Gasteiger charge is 2.53. The zero-order chi connectivity index (χ0) is 14.4. The Morgan fingerprint density at radius 3 is 2.53 bits per heavy atom. The maximum absolute atomic E-state index is 10.7. The molecule has 2 aliphatic carbocycles. The SMILES string of the molecule is CC1CC(O)C2C1CC(C(C)(O)CO)CCC2(C)O. The molecule has 0 spiro atoms. The lowest BCUT2D eigenvalue weighted by Crippen LogP contribution is -2.41. The summed E-state index contributed by atoms with van der Waals surface area (Å²) < 4.78 is 0. The van der Waals surface area contributed by atoms with E-state index in [4.69, 9.17) is 0 Å². The van der Waals surface area contributed by atoms with Crippen molar-refractivity contribution in [3.63, 3.8) is 0 Å². The van der Waals surface area contributed by atoms with Crippen LogP contribution in [0, 0.1) is 23.7 Å².